The number of carbonyl (C=O) groups is 1. The summed E-state index contributed by atoms with van der Waals surface area (Å²) in [6, 6.07) is 0. The van der Waals surface area contributed by atoms with Gasteiger partial charge in [0.25, 0.3) is 0 Å². The van der Waals surface area contributed by atoms with Gasteiger partial charge in [-0.3, -0.25) is 4.79 Å². The number of amides is 1. The Hall–Kier alpha value is -0.570. The molecule has 0 radical (unpaired) electrons. The highest BCUT2D eigenvalue weighted by atomic mass is 16.3. The van der Waals surface area contributed by atoms with E-state index in [1.54, 1.807) is 6.92 Å². The highest BCUT2D eigenvalue weighted by molar-refractivity contribution is 5.75. The van der Waals surface area contributed by atoms with Crippen molar-refractivity contribution in [3.05, 3.63) is 0 Å². The first kappa shape index (κ1) is 13.4. The third kappa shape index (κ3) is 9.52. The summed E-state index contributed by atoms with van der Waals surface area (Å²) in [5, 5.41) is 11.6. The molecule has 1 amide bonds. The van der Waals surface area contributed by atoms with Crippen LogP contribution in [0.25, 0.3) is 0 Å². The van der Waals surface area contributed by atoms with Crippen LogP contribution in [0.1, 0.15) is 52.4 Å². The topological polar surface area (TPSA) is 49.3 Å². The lowest BCUT2D eigenvalue weighted by Gasteiger charge is -2.06. The quantitative estimate of drug-likeness (QED) is 0.589. The average molecular weight is 201 g/mol. The second-order valence-electron chi connectivity index (χ2n) is 3.82. The summed E-state index contributed by atoms with van der Waals surface area (Å²) in [7, 11) is 0. The molecule has 0 saturated heterocycles. The van der Waals surface area contributed by atoms with Crippen LogP contribution in [0.4, 0.5) is 0 Å². The lowest BCUT2D eigenvalue weighted by atomic mass is 10.1. The van der Waals surface area contributed by atoms with Gasteiger partial charge in [0.15, 0.2) is 0 Å². The van der Waals surface area contributed by atoms with Gasteiger partial charge in [-0.1, -0.05) is 32.6 Å². The van der Waals surface area contributed by atoms with Gasteiger partial charge in [0.05, 0.1) is 6.10 Å². The Morgan fingerprint density at radius 2 is 1.93 bits per heavy atom. The zero-order chi connectivity index (χ0) is 10.8. The molecule has 1 unspecified atom stereocenters. The number of aliphatic hydroxyl groups excluding tert-OH is 1. The summed E-state index contributed by atoms with van der Waals surface area (Å²) >= 11 is 0. The molecule has 0 aliphatic carbocycles. The van der Waals surface area contributed by atoms with Crippen molar-refractivity contribution >= 4 is 5.91 Å². The summed E-state index contributed by atoms with van der Waals surface area (Å²) in [6.07, 6.45) is 5.96. The van der Waals surface area contributed by atoms with Crippen LogP contribution < -0.4 is 5.32 Å². The first-order valence-corrected chi connectivity index (χ1v) is 5.61. The van der Waals surface area contributed by atoms with Gasteiger partial charge >= 0.3 is 0 Å². The smallest absolute Gasteiger partial charge is 0.220 e. The zero-order valence-corrected chi connectivity index (χ0v) is 9.38. The summed E-state index contributed by atoms with van der Waals surface area (Å²) in [4.78, 5) is 11.2. The van der Waals surface area contributed by atoms with E-state index < -0.39 is 6.10 Å². The van der Waals surface area contributed by atoms with E-state index in [0.717, 1.165) is 12.8 Å². The van der Waals surface area contributed by atoms with Gasteiger partial charge in [-0.25, -0.2) is 0 Å². The molecule has 0 rings (SSSR count). The van der Waals surface area contributed by atoms with Crippen molar-refractivity contribution in [3.63, 3.8) is 0 Å². The second kappa shape index (κ2) is 9.00. The van der Waals surface area contributed by atoms with E-state index in [1.165, 1.54) is 19.3 Å². The van der Waals surface area contributed by atoms with Gasteiger partial charge in [-0.15, -0.1) is 0 Å². The molecule has 0 spiro atoms. The molecule has 3 nitrogen and oxygen atoms in total. The van der Waals surface area contributed by atoms with E-state index in [2.05, 4.69) is 12.2 Å². The molecule has 14 heavy (non-hydrogen) atoms. The first-order valence-electron chi connectivity index (χ1n) is 5.61. The van der Waals surface area contributed by atoms with E-state index in [4.69, 9.17) is 5.11 Å². The number of nitrogens with one attached hydrogen (secondary N) is 1. The molecule has 0 bridgehead atoms. The minimum atomic E-state index is -0.445. The molecule has 0 aromatic carbocycles. The van der Waals surface area contributed by atoms with E-state index in [0.29, 0.717) is 13.0 Å². The molecule has 0 heterocycles. The van der Waals surface area contributed by atoms with Crippen LogP contribution in [0.15, 0.2) is 0 Å². The molecule has 84 valence electrons. The Balaban J connectivity index is 3.18. The fourth-order valence-corrected chi connectivity index (χ4v) is 1.24. The van der Waals surface area contributed by atoms with Gasteiger partial charge in [0.2, 0.25) is 5.91 Å². The fourth-order valence-electron chi connectivity index (χ4n) is 1.24. The van der Waals surface area contributed by atoms with Crippen molar-refractivity contribution in [1.29, 1.82) is 0 Å². The van der Waals surface area contributed by atoms with Crippen molar-refractivity contribution < 1.29 is 9.90 Å². The number of aliphatic hydroxyl groups is 1. The van der Waals surface area contributed by atoms with E-state index in [-0.39, 0.29) is 5.91 Å². The Morgan fingerprint density at radius 3 is 2.50 bits per heavy atom. The van der Waals surface area contributed by atoms with Crippen molar-refractivity contribution in [2.75, 3.05) is 6.54 Å². The van der Waals surface area contributed by atoms with Crippen LogP contribution in [0.3, 0.4) is 0 Å². The maximum Gasteiger partial charge on any atom is 0.220 e. The highest BCUT2D eigenvalue weighted by Crippen LogP contribution is 2.04. The lowest BCUT2D eigenvalue weighted by molar-refractivity contribution is -0.121. The Kier molecular flexibility index (Phi) is 8.64. The molecule has 0 aliphatic rings. The summed E-state index contributed by atoms with van der Waals surface area (Å²) in [6.45, 7) is 4.21. The monoisotopic (exact) mass is 201 g/mol. The van der Waals surface area contributed by atoms with E-state index >= 15 is 0 Å². The van der Waals surface area contributed by atoms with Crippen LogP contribution in [0, 0.1) is 0 Å². The molecule has 1 atom stereocenters. The van der Waals surface area contributed by atoms with Crippen LogP contribution in [0.5, 0.6) is 0 Å². The fraction of sp³-hybridized carbons (Fsp3) is 0.909. The van der Waals surface area contributed by atoms with E-state index in [1.807, 2.05) is 0 Å². The number of carbonyl (C=O) groups excluding carboxylic acids is 1. The Labute approximate surface area is 86.9 Å². The Bertz CT molecular complexity index is 146. The SMILES string of the molecule is CCCCCCCC(=O)NCC(C)O. The maximum absolute atomic E-state index is 11.2. The van der Waals surface area contributed by atoms with Gasteiger partial charge in [0.1, 0.15) is 0 Å². The highest BCUT2D eigenvalue weighted by Gasteiger charge is 2.01. The second-order valence-corrected chi connectivity index (χ2v) is 3.82. The zero-order valence-electron chi connectivity index (χ0n) is 9.38. The number of unbranched alkanes of at least 4 members (excludes halogenated alkanes) is 4. The molecule has 0 saturated carbocycles. The minimum absolute atomic E-state index is 0.0578. The van der Waals surface area contributed by atoms with Crippen molar-refractivity contribution in [2.45, 2.75) is 58.5 Å². The van der Waals surface area contributed by atoms with Crippen LogP contribution in [-0.4, -0.2) is 23.7 Å². The molecule has 0 aliphatic heterocycles. The predicted octanol–water partition coefficient (Wildman–Crippen LogP) is 1.84. The average Bonchev–Trinajstić information content (AvgIpc) is 2.14. The predicted molar refractivity (Wildman–Crippen MR) is 58.1 cm³/mol. The number of rotatable bonds is 8. The van der Waals surface area contributed by atoms with Crippen LogP contribution >= 0.6 is 0 Å². The lowest BCUT2D eigenvalue weighted by Crippen LogP contribution is -2.30. The normalized spacial score (nSPS) is 12.5. The van der Waals surface area contributed by atoms with Crippen molar-refractivity contribution in [1.82, 2.24) is 5.32 Å². The Morgan fingerprint density at radius 1 is 1.29 bits per heavy atom. The van der Waals surface area contributed by atoms with E-state index in [9.17, 15) is 4.79 Å². The third-order valence-electron chi connectivity index (χ3n) is 2.10. The number of hydrogen-bond acceptors (Lipinski definition) is 2. The van der Waals surface area contributed by atoms with Crippen molar-refractivity contribution in [3.8, 4) is 0 Å². The first-order chi connectivity index (χ1) is 6.66. The summed E-state index contributed by atoms with van der Waals surface area (Å²) in [5.74, 6) is 0.0578. The van der Waals surface area contributed by atoms with Gasteiger partial charge in [-0.05, 0) is 13.3 Å². The molecular weight excluding hydrogens is 178 g/mol. The summed E-state index contributed by atoms with van der Waals surface area (Å²) < 4.78 is 0. The van der Waals surface area contributed by atoms with Gasteiger partial charge in [0, 0.05) is 13.0 Å². The molecule has 0 aromatic heterocycles. The number of hydrogen-bond donors (Lipinski definition) is 2. The van der Waals surface area contributed by atoms with Gasteiger partial charge in [-0.2, -0.15) is 0 Å². The standard InChI is InChI=1S/C11H23NO2/c1-3-4-5-6-7-8-11(14)12-9-10(2)13/h10,13H,3-9H2,1-2H3,(H,12,14). The molecule has 0 fully saturated rings. The summed E-state index contributed by atoms with van der Waals surface area (Å²) in [5.41, 5.74) is 0. The minimum Gasteiger partial charge on any atom is -0.392 e. The maximum atomic E-state index is 11.2. The molecule has 3 heteroatoms. The largest absolute Gasteiger partial charge is 0.392 e. The van der Waals surface area contributed by atoms with Gasteiger partial charge < -0.3 is 10.4 Å². The van der Waals surface area contributed by atoms with Crippen molar-refractivity contribution in [2.24, 2.45) is 0 Å². The molecular formula is C11H23NO2. The van der Waals surface area contributed by atoms with Crippen LogP contribution in [-0.2, 0) is 4.79 Å². The molecule has 2 N–H and O–H groups in total. The third-order valence-corrected chi connectivity index (χ3v) is 2.10. The van der Waals surface area contributed by atoms with Crippen LogP contribution in [0.2, 0.25) is 0 Å². The molecule has 0 aromatic rings.